The van der Waals surface area contributed by atoms with Crippen LogP contribution in [-0.2, 0) is 4.79 Å². The van der Waals surface area contributed by atoms with Gasteiger partial charge in [0.15, 0.2) is 0 Å². The summed E-state index contributed by atoms with van der Waals surface area (Å²) in [6.45, 7) is 0. The van der Waals surface area contributed by atoms with Crippen LogP contribution in [0.25, 0.3) is 0 Å². The zero-order valence-corrected chi connectivity index (χ0v) is 7.66. The molecule has 14 heavy (non-hydrogen) atoms. The lowest BCUT2D eigenvalue weighted by Gasteiger charge is -2.11. The second-order valence-corrected chi connectivity index (χ2v) is 3.65. The molecule has 0 saturated heterocycles. The molecule has 0 bridgehead atoms. The average Bonchev–Trinajstić information content (AvgIpc) is 2.51. The number of halogens is 1. The number of ketones is 1. The van der Waals surface area contributed by atoms with E-state index in [4.69, 9.17) is 0 Å². The van der Waals surface area contributed by atoms with Crippen LogP contribution in [0.4, 0.5) is 4.39 Å². The van der Waals surface area contributed by atoms with Crippen LogP contribution in [0.15, 0.2) is 18.2 Å². The highest BCUT2D eigenvalue weighted by Gasteiger charge is 2.27. The number of aromatic hydroxyl groups is 1. The van der Waals surface area contributed by atoms with Crippen LogP contribution in [0.1, 0.15) is 30.7 Å². The average molecular weight is 194 g/mol. The van der Waals surface area contributed by atoms with E-state index in [1.54, 1.807) is 0 Å². The summed E-state index contributed by atoms with van der Waals surface area (Å²) in [5, 5.41) is 9.49. The molecule has 3 heteroatoms. The van der Waals surface area contributed by atoms with E-state index in [1.165, 1.54) is 18.2 Å². The predicted molar refractivity (Wildman–Crippen MR) is 49.7 cm³/mol. The number of rotatable bonds is 1. The van der Waals surface area contributed by atoms with E-state index >= 15 is 0 Å². The van der Waals surface area contributed by atoms with Crippen molar-refractivity contribution in [2.24, 2.45) is 0 Å². The molecule has 1 aromatic carbocycles. The van der Waals surface area contributed by atoms with Crippen molar-refractivity contribution in [3.63, 3.8) is 0 Å². The van der Waals surface area contributed by atoms with E-state index in [0.717, 1.165) is 0 Å². The molecule has 2 nitrogen and oxygen atoms in total. The van der Waals surface area contributed by atoms with E-state index in [-0.39, 0.29) is 17.5 Å². The fourth-order valence-corrected chi connectivity index (χ4v) is 1.99. The van der Waals surface area contributed by atoms with Crippen molar-refractivity contribution in [2.75, 3.05) is 0 Å². The molecular weight excluding hydrogens is 183 g/mol. The molecule has 0 spiro atoms. The van der Waals surface area contributed by atoms with Gasteiger partial charge in [0.1, 0.15) is 17.3 Å². The van der Waals surface area contributed by atoms with Crippen LogP contribution in [-0.4, -0.2) is 10.9 Å². The largest absolute Gasteiger partial charge is 0.508 e. The van der Waals surface area contributed by atoms with Crippen molar-refractivity contribution in [1.82, 2.24) is 0 Å². The summed E-state index contributed by atoms with van der Waals surface area (Å²) >= 11 is 0. The van der Waals surface area contributed by atoms with Crippen LogP contribution in [0.3, 0.4) is 0 Å². The van der Waals surface area contributed by atoms with E-state index in [1.807, 2.05) is 0 Å². The van der Waals surface area contributed by atoms with Crippen molar-refractivity contribution in [2.45, 2.75) is 25.2 Å². The van der Waals surface area contributed by atoms with Crippen LogP contribution in [0.5, 0.6) is 5.75 Å². The smallest absolute Gasteiger partial charge is 0.133 e. The number of benzene rings is 1. The topological polar surface area (TPSA) is 37.3 Å². The summed E-state index contributed by atoms with van der Waals surface area (Å²) in [4.78, 5) is 11.0. The molecular formula is C11H11FO2. The summed E-state index contributed by atoms with van der Waals surface area (Å²) in [7, 11) is 0. The molecule has 0 heterocycles. The standard InChI is InChI=1S/C11H11FO2/c12-9-2-1-3-10(14)11(9)7-4-5-8(13)6-7/h1-3,7,14H,4-6H2. The van der Waals surface area contributed by atoms with E-state index in [0.29, 0.717) is 24.8 Å². The minimum atomic E-state index is -0.412. The molecule has 1 N–H and O–H groups in total. The van der Waals surface area contributed by atoms with Crippen LogP contribution in [0, 0.1) is 5.82 Å². The van der Waals surface area contributed by atoms with Crippen molar-refractivity contribution in [3.8, 4) is 5.75 Å². The summed E-state index contributed by atoms with van der Waals surface area (Å²) in [6, 6.07) is 4.24. The summed E-state index contributed by atoms with van der Waals surface area (Å²) in [5.74, 6) is -0.434. The van der Waals surface area contributed by atoms with Gasteiger partial charge in [-0.1, -0.05) is 6.07 Å². The molecule has 1 saturated carbocycles. The second-order valence-electron chi connectivity index (χ2n) is 3.65. The molecule has 1 fully saturated rings. The summed E-state index contributed by atoms with van der Waals surface area (Å²) in [5.41, 5.74) is 0.304. The number of carbonyl (C=O) groups is 1. The Hall–Kier alpha value is -1.38. The third kappa shape index (κ3) is 1.50. The maximum absolute atomic E-state index is 13.4. The molecule has 1 atom stereocenters. The Balaban J connectivity index is 2.36. The van der Waals surface area contributed by atoms with Gasteiger partial charge in [-0.25, -0.2) is 4.39 Å². The van der Waals surface area contributed by atoms with E-state index in [2.05, 4.69) is 0 Å². The molecule has 1 unspecified atom stereocenters. The Bertz CT molecular complexity index is 353. The van der Waals surface area contributed by atoms with Crippen LogP contribution >= 0.6 is 0 Å². The summed E-state index contributed by atoms with van der Waals surface area (Å²) < 4.78 is 13.4. The molecule has 1 aliphatic rings. The highest BCUT2D eigenvalue weighted by atomic mass is 19.1. The number of Topliss-reactive ketones (excluding diaryl/α,β-unsaturated/α-hetero) is 1. The second kappa shape index (κ2) is 3.40. The first-order chi connectivity index (χ1) is 6.68. The van der Waals surface area contributed by atoms with Gasteiger partial charge in [-0.15, -0.1) is 0 Å². The lowest BCUT2D eigenvalue weighted by atomic mass is 9.96. The minimum Gasteiger partial charge on any atom is -0.508 e. The predicted octanol–water partition coefficient (Wildman–Crippen LogP) is 2.37. The number of carbonyl (C=O) groups excluding carboxylic acids is 1. The van der Waals surface area contributed by atoms with Gasteiger partial charge >= 0.3 is 0 Å². The SMILES string of the molecule is O=C1CCC(c2c(O)cccc2F)C1. The molecule has 1 aliphatic carbocycles. The zero-order chi connectivity index (χ0) is 10.1. The highest BCUT2D eigenvalue weighted by Crippen LogP contribution is 2.38. The minimum absolute atomic E-state index is 0.0373. The number of phenolic OH excluding ortho intramolecular Hbond substituents is 1. The van der Waals surface area contributed by atoms with E-state index < -0.39 is 5.82 Å². The Morgan fingerprint density at radius 1 is 1.43 bits per heavy atom. The molecule has 1 aromatic rings. The molecule has 0 amide bonds. The fraction of sp³-hybridized carbons (Fsp3) is 0.364. The van der Waals surface area contributed by atoms with Gasteiger partial charge in [-0.2, -0.15) is 0 Å². The third-order valence-electron chi connectivity index (χ3n) is 2.68. The lowest BCUT2D eigenvalue weighted by molar-refractivity contribution is -0.117. The fourth-order valence-electron chi connectivity index (χ4n) is 1.99. The summed E-state index contributed by atoms with van der Waals surface area (Å²) in [6.07, 6.45) is 1.50. The first-order valence-corrected chi connectivity index (χ1v) is 4.67. The van der Waals surface area contributed by atoms with Gasteiger partial charge in [0.05, 0.1) is 0 Å². The monoisotopic (exact) mass is 194 g/mol. The van der Waals surface area contributed by atoms with Crippen molar-refractivity contribution in [3.05, 3.63) is 29.6 Å². The van der Waals surface area contributed by atoms with E-state index in [9.17, 15) is 14.3 Å². The third-order valence-corrected chi connectivity index (χ3v) is 2.68. The van der Waals surface area contributed by atoms with Gasteiger partial charge in [0.25, 0.3) is 0 Å². The lowest BCUT2D eigenvalue weighted by Crippen LogP contribution is -1.98. The zero-order valence-electron chi connectivity index (χ0n) is 7.66. The normalized spacial score (nSPS) is 21.5. The van der Waals surface area contributed by atoms with Gasteiger partial charge < -0.3 is 5.11 Å². The first-order valence-electron chi connectivity index (χ1n) is 4.67. The van der Waals surface area contributed by atoms with Gasteiger partial charge in [0, 0.05) is 18.4 Å². The molecule has 74 valence electrons. The Morgan fingerprint density at radius 3 is 2.79 bits per heavy atom. The van der Waals surface area contributed by atoms with Gasteiger partial charge in [-0.05, 0) is 24.5 Å². The Labute approximate surface area is 81.4 Å². The Morgan fingerprint density at radius 2 is 2.21 bits per heavy atom. The van der Waals surface area contributed by atoms with Crippen LogP contribution in [0.2, 0.25) is 0 Å². The van der Waals surface area contributed by atoms with Gasteiger partial charge in [-0.3, -0.25) is 4.79 Å². The number of hydrogen-bond donors (Lipinski definition) is 1. The maximum Gasteiger partial charge on any atom is 0.133 e. The maximum atomic E-state index is 13.4. The quantitative estimate of drug-likeness (QED) is 0.745. The van der Waals surface area contributed by atoms with Crippen LogP contribution < -0.4 is 0 Å². The number of phenols is 1. The van der Waals surface area contributed by atoms with Crippen molar-refractivity contribution < 1.29 is 14.3 Å². The van der Waals surface area contributed by atoms with Crippen molar-refractivity contribution in [1.29, 1.82) is 0 Å². The molecule has 2 rings (SSSR count). The Kier molecular flexibility index (Phi) is 2.23. The molecule has 0 radical (unpaired) electrons. The van der Waals surface area contributed by atoms with Gasteiger partial charge in [0.2, 0.25) is 0 Å². The molecule has 0 aromatic heterocycles. The number of hydrogen-bond acceptors (Lipinski definition) is 2. The highest BCUT2D eigenvalue weighted by molar-refractivity contribution is 5.81. The first kappa shape index (κ1) is 9.19. The molecule has 0 aliphatic heterocycles. The van der Waals surface area contributed by atoms with Crippen molar-refractivity contribution >= 4 is 5.78 Å².